The van der Waals surface area contributed by atoms with Gasteiger partial charge in [-0.25, -0.2) is 4.39 Å². The van der Waals surface area contributed by atoms with Gasteiger partial charge in [0, 0.05) is 5.56 Å². The van der Waals surface area contributed by atoms with Gasteiger partial charge in [0.2, 0.25) is 0 Å². The van der Waals surface area contributed by atoms with E-state index in [0.29, 0.717) is 11.1 Å². The van der Waals surface area contributed by atoms with Crippen molar-refractivity contribution in [1.82, 2.24) is 0 Å². The Balaban J connectivity index is 2.32. The number of hydrogen-bond donors (Lipinski definition) is 0. The lowest BCUT2D eigenvalue weighted by molar-refractivity contribution is 0.0979. The molecule has 0 aliphatic rings. The minimum absolute atomic E-state index is 0.269. The van der Waals surface area contributed by atoms with Gasteiger partial charge in [-0.3, -0.25) is 4.79 Å². The fourth-order valence-corrected chi connectivity index (χ4v) is 1.82. The second-order valence-electron chi connectivity index (χ2n) is 4.34. The molecule has 0 N–H and O–H groups in total. The van der Waals surface area contributed by atoms with Crippen LogP contribution in [0.1, 0.15) is 27.4 Å². The van der Waals surface area contributed by atoms with Gasteiger partial charge < -0.3 is 0 Å². The van der Waals surface area contributed by atoms with Gasteiger partial charge in [-0.05, 0) is 24.6 Å². The topological polar surface area (TPSA) is 40.9 Å². The number of ketones is 1. The average molecular weight is 253 g/mol. The fourth-order valence-electron chi connectivity index (χ4n) is 1.82. The largest absolute Gasteiger partial charge is 0.292 e. The van der Waals surface area contributed by atoms with E-state index in [4.69, 9.17) is 0 Å². The molecule has 2 rings (SSSR count). The molecule has 0 heterocycles. The number of benzene rings is 2. The van der Waals surface area contributed by atoms with Crippen molar-refractivity contribution in [3.63, 3.8) is 0 Å². The minimum atomic E-state index is -0.900. The first-order chi connectivity index (χ1) is 9.11. The van der Waals surface area contributed by atoms with Crippen LogP contribution < -0.4 is 0 Å². The van der Waals surface area contributed by atoms with E-state index >= 15 is 0 Å². The van der Waals surface area contributed by atoms with Crippen LogP contribution >= 0.6 is 0 Å². The van der Waals surface area contributed by atoms with Gasteiger partial charge in [0.1, 0.15) is 11.7 Å². The Morgan fingerprint density at radius 3 is 2.21 bits per heavy atom. The monoisotopic (exact) mass is 253 g/mol. The van der Waals surface area contributed by atoms with Crippen molar-refractivity contribution < 1.29 is 9.18 Å². The van der Waals surface area contributed by atoms with Crippen molar-refractivity contribution >= 4 is 5.78 Å². The maximum atomic E-state index is 12.9. The van der Waals surface area contributed by atoms with Gasteiger partial charge in [0.05, 0.1) is 6.07 Å². The van der Waals surface area contributed by atoms with E-state index in [2.05, 4.69) is 0 Å². The number of aryl methyl sites for hydroxylation is 1. The van der Waals surface area contributed by atoms with Crippen LogP contribution in [0.4, 0.5) is 4.39 Å². The van der Waals surface area contributed by atoms with Gasteiger partial charge in [-0.1, -0.05) is 42.0 Å². The normalized spacial score (nSPS) is 11.6. The Kier molecular flexibility index (Phi) is 3.72. The summed E-state index contributed by atoms with van der Waals surface area (Å²) in [5.74, 6) is -1.55. The standard InChI is InChI=1S/C16H12FNO/c1-11-2-4-13(5-3-11)16(19)15(10-18)12-6-8-14(17)9-7-12/h2-9,15H,1H3. The maximum Gasteiger partial charge on any atom is 0.184 e. The molecule has 0 aromatic heterocycles. The SMILES string of the molecule is Cc1ccc(C(=O)C(C#N)c2ccc(F)cc2)cc1. The molecule has 2 aromatic rings. The molecule has 0 radical (unpaired) electrons. The summed E-state index contributed by atoms with van der Waals surface area (Å²) in [6.45, 7) is 1.93. The number of carbonyl (C=O) groups is 1. The van der Waals surface area contributed by atoms with E-state index in [0.717, 1.165) is 5.56 Å². The third-order valence-corrected chi connectivity index (χ3v) is 2.93. The first-order valence-corrected chi connectivity index (χ1v) is 5.88. The van der Waals surface area contributed by atoms with Gasteiger partial charge >= 0.3 is 0 Å². The van der Waals surface area contributed by atoms with E-state index in [1.54, 1.807) is 12.1 Å². The molecule has 0 amide bonds. The third kappa shape index (κ3) is 2.86. The summed E-state index contributed by atoms with van der Waals surface area (Å²) in [4.78, 5) is 12.3. The third-order valence-electron chi connectivity index (χ3n) is 2.93. The zero-order valence-electron chi connectivity index (χ0n) is 10.4. The van der Waals surface area contributed by atoms with Gasteiger partial charge in [0.25, 0.3) is 0 Å². The highest BCUT2D eigenvalue weighted by atomic mass is 19.1. The van der Waals surface area contributed by atoms with Crippen LogP contribution in [-0.4, -0.2) is 5.78 Å². The molecule has 2 nitrogen and oxygen atoms in total. The summed E-state index contributed by atoms with van der Waals surface area (Å²) in [7, 11) is 0. The summed E-state index contributed by atoms with van der Waals surface area (Å²) in [6, 6.07) is 14.5. The van der Waals surface area contributed by atoms with Crippen LogP contribution in [0.2, 0.25) is 0 Å². The summed E-state index contributed by atoms with van der Waals surface area (Å²) >= 11 is 0. The minimum Gasteiger partial charge on any atom is -0.292 e. The van der Waals surface area contributed by atoms with Crippen LogP contribution in [0, 0.1) is 24.1 Å². The molecule has 0 bridgehead atoms. The van der Waals surface area contributed by atoms with Crippen LogP contribution in [0.15, 0.2) is 48.5 Å². The number of nitrogens with zero attached hydrogens (tertiary/aromatic N) is 1. The van der Waals surface area contributed by atoms with Crippen molar-refractivity contribution in [2.45, 2.75) is 12.8 Å². The quantitative estimate of drug-likeness (QED) is 0.784. The summed E-state index contributed by atoms with van der Waals surface area (Å²) in [5.41, 5.74) is 2.04. The van der Waals surface area contributed by atoms with Gasteiger partial charge in [0.15, 0.2) is 5.78 Å². The van der Waals surface area contributed by atoms with Gasteiger partial charge in [-0.15, -0.1) is 0 Å². The number of Topliss-reactive ketones (excluding diaryl/α,β-unsaturated/α-hetero) is 1. The Bertz CT molecular complexity index is 623. The summed E-state index contributed by atoms with van der Waals surface area (Å²) in [5, 5.41) is 9.17. The van der Waals surface area contributed by atoms with Gasteiger partial charge in [-0.2, -0.15) is 5.26 Å². The van der Waals surface area contributed by atoms with E-state index in [1.165, 1.54) is 24.3 Å². The molecule has 1 atom stereocenters. The Morgan fingerprint density at radius 2 is 1.68 bits per heavy atom. The average Bonchev–Trinajstić information content (AvgIpc) is 2.42. The molecule has 0 saturated heterocycles. The zero-order chi connectivity index (χ0) is 13.8. The molecule has 19 heavy (non-hydrogen) atoms. The van der Waals surface area contributed by atoms with Crippen LogP contribution in [0.5, 0.6) is 0 Å². The van der Waals surface area contributed by atoms with E-state index in [-0.39, 0.29) is 11.6 Å². The molecule has 0 spiro atoms. The lowest BCUT2D eigenvalue weighted by Gasteiger charge is -2.08. The first-order valence-electron chi connectivity index (χ1n) is 5.88. The van der Waals surface area contributed by atoms with E-state index in [1.807, 2.05) is 25.1 Å². The number of rotatable bonds is 3. The summed E-state index contributed by atoms with van der Waals surface area (Å²) < 4.78 is 12.9. The van der Waals surface area contributed by atoms with Crippen LogP contribution in [-0.2, 0) is 0 Å². The van der Waals surface area contributed by atoms with Crippen molar-refractivity contribution in [3.05, 3.63) is 71.0 Å². The van der Waals surface area contributed by atoms with Crippen molar-refractivity contribution in [1.29, 1.82) is 5.26 Å². The first kappa shape index (κ1) is 13.0. The lowest BCUT2D eigenvalue weighted by Crippen LogP contribution is -2.11. The molecular formula is C16H12FNO. The van der Waals surface area contributed by atoms with Crippen LogP contribution in [0.25, 0.3) is 0 Å². The smallest absolute Gasteiger partial charge is 0.184 e. The predicted octanol–water partition coefficient (Wildman–Crippen LogP) is 3.62. The molecular weight excluding hydrogens is 241 g/mol. The highest BCUT2D eigenvalue weighted by molar-refractivity contribution is 6.02. The second-order valence-corrected chi connectivity index (χ2v) is 4.34. The van der Waals surface area contributed by atoms with Crippen molar-refractivity contribution in [2.24, 2.45) is 0 Å². The molecule has 3 heteroatoms. The van der Waals surface area contributed by atoms with Crippen molar-refractivity contribution in [2.75, 3.05) is 0 Å². The molecule has 0 fully saturated rings. The number of nitriles is 1. The highest BCUT2D eigenvalue weighted by Crippen LogP contribution is 2.21. The number of carbonyl (C=O) groups excluding carboxylic acids is 1. The number of halogens is 1. The Labute approximate surface area is 111 Å². The second kappa shape index (κ2) is 5.45. The molecule has 0 aliphatic carbocycles. The Morgan fingerprint density at radius 1 is 1.11 bits per heavy atom. The highest BCUT2D eigenvalue weighted by Gasteiger charge is 2.21. The maximum absolute atomic E-state index is 12.9. The fraction of sp³-hybridized carbons (Fsp3) is 0.125. The van der Waals surface area contributed by atoms with E-state index < -0.39 is 5.92 Å². The molecule has 0 aliphatic heterocycles. The zero-order valence-corrected chi connectivity index (χ0v) is 10.4. The number of hydrogen-bond acceptors (Lipinski definition) is 2. The molecule has 94 valence electrons. The summed E-state index contributed by atoms with van der Waals surface area (Å²) in [6.07, 6.45) is 0. The Hall–Kier alpha value is -2.47. The van der Waals surface area contributed by atoms with Crippen LogP contribution in [0.3, 0.4) is 0 Å². The molecule has 1 unspecified atom stereocenters. The molecule has 0 saturated carbocycles. The molecule has 2 aromatic carbocycles. The van der Waals surface area contributed by atoms with Crippen molar-refractivity contribution in [3.8, 4) is 6.07 Å². The van der Waals surface area contributed by atoms with E-state index in [9.17, 15) is 14.4 Å². The predicted molar refractivity (Wildman–Crippen MR) is 70.3 cm³/mol. The lowest BCUT2D eigenvalue weighted by atomic mass is 9.91.